The highest BCUT2D eigenvalue weighted by atomic mass is 16.6. The van der Waals surface area contributed by atoms with Gasteiger partial charge in [0.2, 0.25) is 0 Å². The SMILES string of the molecule is COc1ccccc1C#CCO/N=C1\CN2CCC1C2. The molecule has 4 heteroatoms. The Labute approximate surface area is 119 Å². The fourth-order valence-electron chi connectivity index (χ4n) is 2.74. The van der Waals surface area contributed by atoms with Gasteiger partial charge in [-0.15, -0.1) is 0 Å². The minimum Gasteiger partial charge on any atom is -0.495 e. The molecule has 2 unspecified atom stereocenters. The van der Waals surface area contributed by atoms with Gasteiger partial charge in [-0.05, 0) is 25.1 Å². The van der Waals surface area contributed by atoms with Crippen molar-refractivity contribution < 1.29 is 9.57 Å². The number of hydrogen-bond donors (Lipinski definition) is 0. The Hall–Kier alpha value is -1.99. The van der Waals surface area contributed by atoms with Gasteiger partial charge < -0.3 is 9.57 Å². The van der Waals surface area contributed by atoms with E-state index in [-0.39, 0.29) is 0 Å². The van der Waals surface area contributed by atoms with E-state index in [9.17, 15) is 0 Å². The van der Waals surface area contributed by atoms with Gasteiger partial charge in [0.1, 0.15) is 5.75 Å². The van der Waals surface area contributed by atoms with E-state index in [0.29, 0.717) is 12.5 Å². The Kier molecular flexibility index (Phi) is 3.89. The molecular formula is C16H18N2O2. The summed E-state index contributed by atoms with van der Waals surface area (Å²) in [4.78, 5) is 7.72. The van der Waals surface area contributed by atoms with Crippen LogP contribution in [0.25, 0.3) is 0 Å². The number of hydrogen-bond acceptors (Lipinski definition) is 4. The highest BCUT2D eigenvalue weighted by molar-refractivity contribution is 5.91. The molecule has 2 heterocycles. The van der Waals surface area contributed by atoms with E-state index >= 15 is 0 Å². The van der Waals surface area contributed by atoms with Gasteiger partial charge in [-0.2, -0.15) is 0 Å². The Balaban J connectivity index is 1.53. The molecule has 2 fully saturated rings. The van der Waals surface area contributed by atoms with Crippen molar-refractivity contribution in [2.24, 2.45) is 11.1 Å². The highest BCUT2D eigenvalue weighted by Gasteiger charge is 2.35. The predicted octanol–water partition coefficient (Wildman–Crippen LogP) is 1.75. The lowest BCUT2D eigenvalue weighted by Crippen LogP contribution is -2.23. The number of oxime groups is 1. The molecule has 0 amide bonds. The topological polar surface area (TPSA) is 34.1 Å². The molecule has 0 aliphatic carbocycles. The first-order valence-corrected chi connectivity index (χ1v) is 6.90. The predicted molar refractivity (Wildman–Crippen MR) is 77.8 cm³/mol. The maximum Gasteiger partial charge on any atom is 0.177 e. The molecule has 2 atom stereocenters. The molecule has 2 aliphatic heterocycles. The zero-order valence-electron chi connectivity index (χ0n) is 11.6. The third-order valence-electron chi connectivity index (χ3n) is 3.78. The van der Waals surface area contributed by atoms with Crippen LogP contribution < -0.4 is 4.74 Å². The summed E-state index contributed by atoms with van der Waals surface area (Å²) in [7, 11) is 1.65. The second-order valence-electron chi connectivity index (χ2n) is 5.08. The van der Waals surface area contributed by atoms with E-state index in [1.165, 1.54) is 18.7 Å². The van der Waals surface area contributed by atoms with Gasteiger partial charge in [0.05, 0.1) is 18.4 Å². The zero-order valence-corrected chi connectivity index (χ0v) is 11.6. The molecule has 2 bridgehead atoms. The number of methoxy groups -OCH3 is 1. The smallest absolute Gasteiger partial charge is 0.177 e. The zero-order chi connectivity index (χ0) is 13.8. The minimum atomic E-state index is 0.314. The number of piperidine rings is 1. The fraction of sp³-hybridized carbons (Fsp3) is 0.438. The van der Waals surface area contributed by atoms with E-state index in [0.717, 1.165) is 24.4 Å². The summed E-state index contributed by atoms with van der Waals surface area (Å²) >= 11 is 0. The molecule has 104 valence electrons. The second-order valence-corrected chi connectivity index (χ2v) is 5.08. The summed E-state index contributed by atoms with van der Waals surface area (Å²) in [6, 6.07) is 7.70. The quantitative estimate of drug-likeness (QED) is 0.477. The molecular weight excluding hydrogens is 252 g/mol. The summed E-state index contributed by atoms with van der Waals surface area (Å²) in [6.07, 6.45) is 1.22. The van der Waals surface area contributed by atoms with Crippen molar-refractivity contribution in [1.29, 1.82) is 0 Å². The lowest BCUT2D eigenvalue weighted by molar-refractivity contribution is 0.177. The number of fused-ring (bicyclic) bond motifs is 2. The summed E-state index contributed by atoms with van der Waals surface area (Å²) in [6.45, 7) is 3.63. The molecule has 20 heavy (non-hydrogen) atoms. The number of para-hydroxylation sites is 1. The van der Waals surface area contributed by atoms with Crippen molar-refractivity contribution >= 4 is 5.71 Å². The van der Waals surface area contributed by atoms with Crippen LogP contribution >= 0.6 is 0 Å². The standard InChI is InChI=1S/C16H18N2O2/c1-19-16-7-3-2-5-13(16)6-4-10-20-17-15-12-18-9-8-14(15)11-18/h2-3,5,7,14H,8-12H2,1H3/b17-15+. The molecule has 1 aromatic rings. The van der Waals surface area contributed by atoms with Crippen LogP contribution in [0.2, 0.25) is 0 Å². The molecule has 0 aromatic heterocycles. The van der Waals surface area contributed by atoms with Crippen molar-refractivity contribution in [3.05, 3.63) is 29.8 Å². The molecule has 0 radical (unpaired) electrons. The molecule has 0 N–H and O–H groups in total. The number of nitrogens with zero attached hydrogens (tertiary/aromatic N) is 2. The lowest BCUT2D eigenvalue weighted by Gasteiger charge is -2.12. The third kappa shape index (κ3) is 2.78. The normalized spacial score (nSPS) is 25.4. The average Bonchev–Trinajstić information content (AvgIpc) is 3.10. The first kappa shape index (κ1) is 13.0. The Bertz CT molecular complexity index is 571. The van der Waals surface area contributed by atoms with Gasteiger partial charge in [-0.1, -0.05) is 29.1 Å². The lowest BCUT2D eigenvalue weighted by atomic mass is 10.0. The molecule has 4 nitrogen and oxygen atoms in total. The largest absolute Gasteiger partial charge is 0.495 e. The Morgan fingerprint density at radius 3 is 3.05 bits per heavy atom. The first-order valence-electron chi connectivity index (χ1n) is 6.90. The molecule has 1 aromatic carbocycles. The van der Waals surface area contributed by atoms with Gasteiger partial charge >= 0.3 is 0 Å². The van der Waals surface area contributed by atoms with Crippen LogP contribution in [0.5, 0.6) is 5.75 Å². The minimum absolute atomic E-state index is 0.314. The van der Waals surface area contributed by atoms with Crippen molar-refractivity contribution in [3.63, 3.8) is 0 Å². The van der Waals surface area contributed by atoms with Crippen LogP contribution in [-0.2, 0) is 4.84 Å². The van der Waals surface area contributed by atoms with Gasteiger partial charge in [0.25, 0.3) is 0 Å². The van der Waals surface area contributed by atoms with E-state index in [2.05, 4.69) is 21.9 Å². The van der Waals surface area contributed by atoms with Gasteiger partial charge in [-0.25, -0.2) is 0 Å². The maximum atomic E-state index is 5.31. The summed E-state index contributed by atoms with van der Waals surface area (Å²) < 4.78 is 5.24. The monoisotopic (exact) mass is 270 g/mol. The first-order chi connectivity index (χ1) is 9.86. The molecule has 0 spiro atoms. The second kappa shape index (κ2) is 5.98. The van der Waals surface area contributed by atoms with Crippen molar-refractivity contribution in [2.45, 2.75) is 6.42 Å². The van der Waals surface area contributed by atoms with Crippen molar-refractivity contribution in [3.8, 4) is 17.6 Å². The molecule has 2 saturated heterocycles. The molecule has 3 rings (SSSR count). The summed E-state index contributed by atoms with van der Waals surface area (Å²) in [5.74, 6) is 7.41. The van der Waals surface area contributed by atoms with Crippen LogP contribution in [0.3, 0.4) is 0 Å². The highest BCUT2D eigenvalue weighted by Crippen LogP contribution is 2.25. The van der Waals surface area contributed by atoms with E-state index in [1.54, 1.807) is 7.11 Å². The number of ether oxygens (including phenoxy) is 1. The van der Waals surface area contributed by atoms with Crippen LogP contribution in [0.4, 0.5) is 0 Å². The number of rotatable bonds is 3. The maximum absolute atomic E-state index is 5.31. The number of benzene rings is 1. The van der Waals surface area contributed by atoms with Crippen molar-refractivity contribution in [2.75, 3.05) is 33.4 Å². The van der Waals surface area contributed by atoms with Gasteiger partial charge in [0, 0.05) is 19.0 Å². The van der Waals surface area contributed by atoms with Crippen LogP contribution in [0.1, 0.15) is 12.0 Å². The third-order valence-corrected chi connectivity index (χ3v) is 3.78. The average molecular weight is 270 g/mol. The summed E-state index contributed by atoms with van der Waals surface area (Å²) in [5.41, 5.74) is 2.05. The van der Waals surface area contributed by atoms with Crippen LogP contribution in [-0.4, -0.2) is 44.0 Å². The molecule has 2 aliphatic rings. The van der Waals surface area contributed by atoms with Gasteiger partial charge in [0.15, 0.2) is 6.61 Å². The van der Waals surface area contributed by atoms with Crippen LogP contribution in [0, 0.1) is 17.8 Å². The fourth-order valence-corrected chi connectivity index (χ4v) is 2.74. The molecule has 0 saturated carbocycles. The van der Waals surface area contributed by atoms with Crippen molar-refractivity contribution in [1.82, 2.24) is 4.90 Å². The Morgan fingerprint density at radius 2 is 2.30 bits per heavy atom. The Morgan fingerprint density at radius 1 is 1.40 bits per heavy atom. The van der Waals surface area contributed by atoms with Gasteiger partial charge in [-0.3, -0.25) is 4.90 Å². The van der Waals surface area contributed by atoms with E-state index in [1.807, 2.05) is 24.3 Å². The van der Waals surface area contributed by atoms with E-state index < -0.39 is 0 Å². The summed E-state index contributed by atoms with van der Waals surface area (Å²) in [5, 5.41) is 4.22. The van der Waals surface area contributed by atoms with Crippen LogP contribution in [0.15, 0.2) is 29.4 Å². The van der Waals surface area contributed by atoms with E-state index in [4.69, 9.17) is 9.57 Å².